The highest BCUT2D eigenvalue weighted by molar-refractivity contribution is 5.88. The van der Waals surface area contributed by atoms with E-state index in [2.05, 4.69) is 5.16 Å². The summed E-state index contributed by atoms with van der Waals surface area (Å²) in [6, 6.07) is 0. The van der Waals surface area contributed by atoms with Crippen LogP contribution in [-0.4, -0.2) is 45.9 Å². The van der Waals surface area contributed by atoms with Crippen molar-refractivity contribution < 1.29 is 24.0 Å². The maximum atomic E-state index is 12.1. The number of hydrogen-bond acceptors (Lipinski definition) is 5. The predicted molar refractivity (Wildman–Crippen MR) is 73.2 cm³/mol. The van der Waals surface area contributed by atoms with E-state index in [0.717, 1.165) is 19.1 Å². The molecule has 1 aromatic heterocycles. The number of nitrogens with zero attached hydrogens (tertiary/aromatic N) is 2. The van der Waals surface area contributed by atoms with Gasteiger partial charge in [-0.2, -0.15) is 0 Å². The Bertz CT molecular complexity index is 532. The van der Waals surface area contributed by atoms with Gasteiger partial charge in [0, 0.05) is 19.0 Å². The molecule has 1 atom stereocenters. The summed E-state index contributed by atoms with van der Waals surface area (Å²) < 4.78 is 10.1. The molecule has 1 N–H and O–H groups in total. The quantitative estimate of drug-likeness (QED) is 0.901. The van der Waals surface area contributed by atoms with Gasteiger partial charge in [0.15, 0.2) is 0 Å². The number of aromatic nitrogens is 1. The third-order valence-electron chi connectivity index (χ3n) is 3.29. The van der Waals surface area contributed by atoms with Crippen LogP contribution in [0.1, 0.15) is 55.6 Å². The van der Waals surface area contributed by atoms with Crippen molar-refractivity contribution in [2.24, 2.45) is 0 Å². The molecule has 1 amide bonds. The smallest absolute Gasteiger partial charge is 0.410 e. The Hall–Kier alpha value is -2.05. The lowest BCUT2D eigenvalue weighted by Gasteiger charge is -2.33. The van der Waals surface area contributed by atoms with E-state index in [4.69, 9.17) is 14.4 Å². The lowest BCUT2D eigenvalue weighted by atomic mass is 9.93. The van der Waals surface area contributed by atoms with Crippen molar-refractivity contribution in [3.05, 3.63) is 17.5 Å². The Kier molecular flexibility index (Phi) is 4.20. The Morgan fingerprint density at radius 1 is 1.48 bits per heavy atom. The fraction of sp³-hybridized carbons (Fsp3) is 0.643. The zero-order valence-corrected chi connectivity index (χ0v) is 12.5. The van der Waals surface area contributed by atoms with Crippen molar-refractivity contribution in [2.75, 3.05) is 13.1 Å². The molecule has 0 aromatic carbocycles. The van der Waals surface area contributed by atoms with Crippen LogP contribution in [0, 0.1) is 0 Å². The van der Waals surface area contributed by atoms with E-state index in [0.29, 0.717) is 18.8 Å². The van der Waals surface area contributed by atoms with Crippen LogP contribution in [0.2, 0.25) is 0 Å². The number of carboxylic acid groups (broad SMARTS) is 1. The van der Waals surface area contributed by atoms with Crippen LogP contribution in [0.25, 0.3) is 0 Å². The normalized spacial score (nSPS) is 19.4. The maximum absolute atomic E-state index is 12.1. The Balaban J connectivity index is 2.09. The fourth-order valence-electron chi connectivity index (χ4n) is 2.39. The summed E-state index contributed by atoms with van der Waals surface area (Å²) in [6.07, 6.45) is 2.29. The number of carbonyl (C=O) groups excluding carboxylic acids is 1. The molecule has 116 valence electrons. The fourth-order valence-corrected chi connectivity index (χ4v) is 2.39. The summed E-state index contributed by atoms with van der Waals surface area (Å²) in [4.78, 5) is 24.8. The molecule has 0 aliphatic carbocycles. The number of piperidine rings is 1. The van der Waals surface area contributed by atoms with Gasteiger partial charge in [-0.3, -0.25) is 0 Å². The highest BCUT2D eigenvalue weighted by atomic mass is 16.6. The minimum absolute atomic E-state index is 0.0611. The van der Waals surface area contributed by atoms with Gasteiger partial charge < -0.3 is 19.3 Å². The first-order valence-electron chi connectivity index (χ1n) is 6.93. The number of rotatable bonds is 2. The average Bonchev–Trinajstić information content (AvgIpc) is 2.86. The number of likely N-dealkylation sites (tertiary alicyclic amines) is 1. The number of carbonyl (C=O) groups is 2. The van der Waals surface area contributed by atoms with Gasteiger partial charge in [0.05, 0.1) is 0 Å². The Morgan fingerprint density at radius 3 is 2.81 bits per heavy atom. The third-order valence-corrected chi connectivity index (χ3v) is 3.29. The van der Waals surface area contributed by atoms with Gasteiger partial charge in [-0.25, -0.2) is 9.59 Å². The van der Waals surface area contributed by atoms with Gasteiger partial charge in [0.2, 0.25) is 0 Å². The molecule has 1 aliphatic heterocycles. The molecule has 0 spiro atoms. The highest BCUT2D eigenvalue weighted by Gasteiger charge is 2.32. The van der Waals surface area contributed by atoms with Crippen molar-refractivity contribution >= 4 is 12.1 Å². The number of amides is 1. The second kappa shape index (κ2) is 5.75. The second-order valence-electron chi connectivity index (χ2n) is 6.18. The number of carboxylic acids is 1. The van der Waals surface area contributed by atoms with Crippen molar-refractivity contribution in [3.63, 3.8) is 0 Å². The summed E-state index contributed by atoms with van der Waals surface area (Å²) in [5.41, 5.74) is -0.0914. The van der Waals surface area contributed by atoms with E-state index >= 15 is 0 Å². The van der Waals surface area contributed by atoms with Gasteiger partial charge in [-0.15, -0.1) is 0 Å². The van der Waals surface area contributed by atoms with Gasteiger partial charge in [-0.05, 0) is 33.6 Å². The lowest BCUT2D eigenvalue weighted by molar-refractivity contribution is 0.0196. The van der Waals surface area contributed by atoms with E-state index in [1.165, 1.54) is 0 Å². The monoisotopic (exact) mass is 296 g/mol. The maximum Gasteiger partial charge on any atom is 0.410 e. The zero-order valence-electron chi connectivity index (χ0n) is 12.5. The number of hydrogen-bond donors (Lipinski definition) is 1. The summed E-state index contributed by atoms with van der Waals surface area (Å²) in [5.74, 6) is -1.21. The van der Waals surface area contributed by atoms with Crippen molar-refractivity contribution in [1.82, 2.24) is 10.1 Å². The molecule has 2 rings (SSSR count). The minimum atomic E-state index is -1.07. The van der Waals surface area contributed by atoms with Crippen LogP contribution in [0.4, 0.5) is 4.79 Å². The van der Waals surface area contributed by atoms with Crippen molar-refractivity contribution in [3.8, 4) is 0 Å². The van der Waals surface area contributed by atoms with Gasteiger partial charge in [-0.1, -0.05) is 5.16 Å². The van der Waals surface area contributed by atoms with Crippen LogP contribution in [0.5, 0.6) is 0 Å². The van der Waals surface area contributed by atoms with Crippen molar-refractivity contribution in [1.29, 1.82) is 0 Å². The van der Waals surface area contributed by atoms with Crippen LogP contribution in [-0.2, 0) is 4.74 Å². The molecule has 7 heteroatoms. The van der Waals surface area contributed by atoms with Crippen LogP contribution < -0.4 is 0 Å². The molecular weight excluding hydrogens is 276 g/mol. The zero-order chi connectivity index (χ0) is 15.6. The average molecular weight is 296 g/mol. The summed E-state index contributed by atoms with van der Waals surface area (Å²) in [7, 11) is 0. The molecule has 1 aliphatic rings. The second-order valence-corrected chi connectivity index (χ2v) is 6.18. The van der Waals surface area contributed by atoms with Crippen LogP contribution in [0.15, 0.2) is 10.8 Å². The minimum Gasteiger partial charge on any atom is -0.478 e. The molecule has 0 radical (unpaired) electrons. The third kappa shape index (κ3) is 3.74. The summed E-state index contributed by atoms with van der Waals surface area (Å²) in [6.45, 7) is 6.43. The molecule has 7 nitrogen and oxygen atoms in total. The molecule has 1 aromatic rings. The molecule has 0 bridgehead atoms. The van der Waals surface area contributed by atoms with Crippen molar-refractivity contribution in [2.45, 2.75) is 45.1 Å². The predicted octanol–water partition coefficient (Wildman–Crippen LogP) is 2.49. The Labute approximate surface area is 122 Å². The van der Waals surface area contributed by atoms with Crippen LogP contribution in [0.3, 0.4) is 0 Å². The van der Waals surface area contributed by atoms with E-state index in [1.807, 2.05) is 20.8 Å². The van der Waals surface area contributed by atoms with E-state index in [1.54, 1.807) is 4.90 Å². The molecular formula is C14H20N2O5. The lowest BCUT2D eigenvalue weighted by Crippen LogP contribution is -2.42. The topological polar surface area (TPSA) is 92.9 Å². The molecule has 2 heterocycles. The van der Waals surface area contributed by atoms with E-state index in [-0.39, 0.29) is 17.6 Å². The molecule has 21 heavy (non-hydrogen) atoms. The van der Waals surface area contributed by atoms with Crippen LogP contribution >= 0.6 is 0 Å². The molecule has 1 saturated heterocycles. The first-order valence-corrected chi connectivity index (χ1v) is 6.93. The SMILES string of the molecule is CC(C)(C)OC(=O)N1CCCC(c2nocc2C(=O)O)C1. The number of ether oxygens (including phenoxy) is 1. The van der Waals surface area contributed by atoms with E-state index < -0.39 is 11.6 Å². The van der Waals surface area contributed by atoms with Gasteiger partial charge in [0.1, 0.15) is 23.1 Å². The van der Waals surface area contributed by atoms with Gasteiger partial charge >= 0.3 is 12.1 Å². The largest absolute Gasteiger partial charge is 0.478 e. The van der Waals surface area contributed by atoms with E-state index in [9.17, 15) is 9.59 Å². The molecule has 1 unspecified atom stereocenters. The summed E-state index contributed by atoms with van der Waals surface area (Å²) in [5, 5.41) is 12.9. The first kappa shape index (κ1) is 15.3. The molecule has 0 saturated carbocycles. The highest BCUT2D eigenvalue weighted by Crippen LogP contribution is 2.29. The molecule has 1 fully saturated rings. The number of aromatic carboxylic acids is 1. The first-order chi connectivity index (χ1) is 9.78. The summed E-state index contributed by atoms with van der Waals surface area (Å²) >= 11 is 0. The Morgan fingerprint density at radius 2 is 2.19 bits per heavy atom. The standard InChI is InChI=1S/C14H20N2O5/c1-14(2,3)21-13(19)16-6-4-5-9(7-16)11-10(12(17)18)8-20-15-11/h8-9H,4-7H2,1-3H3,(H,17,18). The van der Waals surface area contributed by atoms with Gasteiger partial charge in [0.25, 0.3) is 0 Å².